The van der Waals surface area contributed by atoms with E-state index < -0.39 is 0 Å². The maximum absolute atomic E-state index is 5.44. The number of hydrogen-bond acceptors (Lipinski definition) is 1. The van der Waals surface area contributed by atoms with Crippen LogP contribution < -0.4 is 0 Å². The fraction of sp³-hybridized carbons (Fsp3) is 0. The van der Waals surface area contributed by atoms with Gasteiger partial charge in [0.25, 0.3) is 0 Å². The number of aromatic nitrogens is 1. The summed E-state index contributed by atoms with van der Waals surface area (Å²) in [5.41, 5.74) is 0. The van der Waals surface area contributed by atoms with Gasteiger partial charge in [-0.05, 0) is 0 Å². The average molecular weight is 258 g/mol. The Hall–Kier alpha value is 0.543. The molecule has 0 amide bonds. The molecule has 0 unspecified atom stereocenters. The number of nitrogens with zero attached hydrogens (tertiary/aromatic N) is 1. The summed E-state index contributed by atoms with van der Waals surface area (Å²) < 4.78 is 0. The van der Waals surface area contributed by atoms with Crippen LogP contribution in [0.2, 0.25) is 5.02 Å². The number of halogens is 2. The molecule has 0 saturated carbocycles. The number of rotatable bonds is 0. The van der Waals surface area contributed by atoms with Crippen LogP contribution in [-0.2, 0) is 16.3 Å². The topological polar surface area (TPSA) is 12.9 Å². The van der Waals surface area contributed by atoms with Crippen molar-refractivity contribution in [1.29, 1.82) is 0 Å². The van der Waals surface area contributed by atoms with Crippen LogP contribution in [0.3, 0.4) is 0 Å². The summed E-state index contributed by atoms with van der Waals surface area (Å²) in [6.07, 6.45) is 3.15. The van der Waals surface area contributed by atoms with Crippen LogP contribution in [0.5, 0.6) is 0 Å². The minimum absolute atomic E-state index is 0.606. The molecule has 0 aliphatic heterocycles. The van der Waals surface area contributed by atoms with Crippen molar-refractivity contribution in [3.05, 3.63) is 29.5 Å². The average Bonchev–Trinajstić information content (AvgIpc) is 1.94. The summed E-state index contributed by atoms with van der Waals surface area (Å²) in [6.45, 7) is 0. The second-order valence-corrected chi connectivity index (χ2v) is 1.49. The molecule has 0 atom stereocenters. The predicted octanol–water partition coefficient (Wildman–Crippen LogP) is 2.38. The minimum atomic E-state index is 0.606. The second kappa shape index (κ2) is 6.66. The molecule has 0 aliphatic rings. The summed E-state index contributed by atoms with van der Waals surface area (Å²) in [7, 11) is 0. The van der Waals surface area contributed by atoms with E-state index in [0.29, 0.717) is 5.02 Å². The van der Waals surface area contributed by atoms with Gasteiger partial charge in [0, 0.05) is 0 Å². The van der Waals surface area contributed by atoms with E-state index in [1.807, 2.05) is 0 Å². The molecule has 0 spiro atoms. The van der Waals surface area contributed by atoms with Gasteiger partial charge in [0.2, 0.25) is 0 Å². The molecular formula is C5H3BrClNZn. The summed E-state index contributed by atoms with van der Waals surface area (Å²) >= 11 is 9.69. The Morgan fingerprint density at radius 1 is 1.67 bits per heavy atom. The molecule has 0 bridgehead atoms. The van der Waals surface area contributed by atoms with E-state index in [9.17, 15) is 0 Å². The Balaban J connectivity index is 0.000000291. The van der Waals surface area contributed by atoms with Crippen LogP contribution in [0.25, 0.3) is 0 Å². The molecule has 44 valence electrons. The maximum atomic E-state index is 5.44. The van der Waals surface area contributed by atoms with Gasteiger partial charge in [0.05, 0.1) is 0 Å². The summed E-state index contributed by atoms with van der Waals surface area (Å²) in [4.78, 5) is 3.71. The third kappa shape index (κ3) is 5.01. The molecule has 1 aromatic heterocycles. The van der Waals surface area contributed by atoms with Crippen LogP contribution in [0.15, 0.2) is 18.5 Å². The summed E-state index contributed by atoms with van der Waals surface area (Å²) in [6, 6.07) is 4.37. The van der Waals surface area contributed by atoms with Crippen LogP contribution in [0, 0.1) is 6.07 Å². The fourth-order valence-corrected chi connectivity index (χ4v) is 0.404. The molecule has 0 aromatic carbocycles. The Morgan fingerprint density at radius 2 is 2.33 bits per heavy atom. The first-order valence-corrected chi connectivity index (χ1v) is 9.46. The van der Waals surface area contributed by atoms with E-state index in [2.05, 4.69) is 24.7 Å². The molecule has 9 heavy (non-hydrogen) atoms. The van der Waals surface area contributed by atoms with Gasteiger partial charge < -0.3 is 4.98 Å². The Kier molecular flexibility index (Phi) is 7.06. The molecule has 0 saturated heterocycles. The quantitative estimate of drug-likeness (QED) is 0.514. The molecular weight excluding hydrogens is 255 g/mol. The van der Waals surface area contributed by atoms with Crippen molar-refractivity contribution >= 4 is 25.2 Å². The number of hydrogen-bond donors (Lipinski definition) is 0. The molecule has 1 rings (SSSR count). The van der Waals surface area contributed by atoms with Gasteiger partial charge in [-0.3, -0.25) is 0 Å². The molecule has 1 heterocycles. The molecule has 0 radical (unpaired) electrons. The zero-order valence-electron chi connectivity index (χ0n) is 4.64. The van der Waals surface area contributed by atoms with E-state index >= 15 is 0 Å². The summed E-state index contributed by atoms with van der Waals surface area (Å²) in [5.74, 6) is 0. The molecule has 0 N–H and O–H groups in total. The standard InChI is InChI=1S/C5H3ClN.BrH.Zn/c6-5-1-3-7-4-2-5;;/h1,3-4H;1H;/q-1;;+2/p-1. The van der Waals surface area contributed by atoms with Gasteiger partial charge >= 0.3 is 30.0 Å². The van der Waals surface area contributed by atoms with Crippen molar-refractivity contribution in [2.75, 3.05) is 0 Å². The third-order valence-corrected chi connectivity index (χ3v) is 0.819. The zero-order valence-corrected chi connectivity index (χ0v) is 9.95. The first-order valence-electron chi connectivity index (χ1n) is 2.13. The van der Waals surface area contributed by atoms with Crippen molar-refractivity contribution in [3.8, 4) is 0 Å². The van der Waals surface area contributed by atoms with Crippen molar-refractivity contribution in [2.45, 2.75) is 0 Å². The van der Waals surface area contributed by atoms with Gasteiger partial charge in [0.15, 0.2) is 0 Å². The molecule has 4 heteroatoms. The van der Waals surface area contributed by atoms with Crippen LogP contribution in [-0.4, -0.2) is 4.98 Å². The van der Waals surface area contributed by atoms with E-state index in [1.165, 1.54) is 22.5 Å². The van der Waals surface area contributed by atoms with E-state index in [1.54, 1.807) is 12.3 Å². The van der Waals surface area contributed by atoms with Crippen LogP contribution in [0.1, 0.15) is 0 Å². The van der Waals surface area contributed by atoms with Gasteiger partial charge in [-0.1, -0.05) is 12.4 Å². The Bertz CT molecular complexity index is 147. The Labute approximate surface area is 75.9 Å². The first-order chi connectivity index (χ1) is 4.39. The van der Waals surface area contributed by atoms with Gasteiger partial charge in [0.1, 0.15) is 0 Å². The first kappa shape index (κ1) is 9.54. The Morgan fingerprint density at radius 3 is 2.56 bits per heavy atom. The fourth-order valence-electron chi connectivity index (χ4n) is 0.299. The second-order valence-electron chi connectivity index (χ2n) is 1.09. The zero-order chi connectivity index (χ0) is 7.11. The molecule has 0 aliphatic carbocycles. The van der Waals surface area contributed by atoms with Gasteiger partial charge in [-0.2, -0.15) is 6.07 Å². The summed E-state index contributed by atoms with van der Waals surface area (Å²) in [5, 5.41) is 0.606. The predicted molar refractivity (Wildman–Crippen MR) is 37.0 cm³/mol. The van der Waals surface area contributed by atoms with E-state index in [0.717, 1.165) is 0 Å². The van der Waals surface area contributed by atoms with Crippen molar-refractivity contribution in [1.82, 2.24) is 4.98 Å². The van der Waals surface area contributed by atoms with Crippen LogP contribution in [0.4, 0.5) is 0 Å². The van der Waals surface area contributed by atoms with Crippen molar-refractivity contribution in [2.24, 2.45) is 0 Å². The van der Waals surface area contributed by atoms with Crippen LogP contribution >= 0.6 is 25.2 Å². The number of pyridine rings is 1. The SMILES string of the molecule is Clc1[c-]cncc1.[Zn+][Br]. The van der Waals surface area contributed by atoms with E-state index in [4.69, 9.17) is 11.6 Å². The van der Waals surface area contributed by atoms with Gasteiger partial charge in [-0.25, -0.2) is 6.07 Å². The third-order valence-electron chi connectivity index (χ3n) is 0.584. The van der Waals surface area contributed by atoms with Crippen molar-refractivity contribution in [3.63, 3.8) is 0 Å². The monoisotopic (exact) mass is 255 g/mol. The molecule has 1 aromatic rings. The normalized spacial score (nSPS) is 7.56. The van der Waals surface area contributed by atoms with Gasteiger partial charge in [-0.15, -0.1) is 16.6 Å². The molecule has 1 nitrogen and oxygen atoms in total. The van der Waals surface area contributed by atoms with E-state index in [-0.39, 0.29) is 0 Å². The van der Waals surface area contributed by atoms with Crippen molar-refractivity contribution < 1.29 is 16.3 Å². The molecule has 0 fully saturated rings.